The van der Waals surface area contributed by atoms with Crippen LogP contribution in [0.2, 0.25) is 0 Å². The lowest BCUT2D eigenvalue weighted by Gasteiger charge is -2.18. The summed E-state index contributed by atoms with van der Waals surface area (Å²) in [6.45, 7) is 1.58. The highest BCUT2D eigenvalue weighted by Crippen LogP contribution is 2.30. The molecule has 0 aliphatic carbocycles. The van der Waals surface area contributed by atoms with Gasteiger partial charge >= 0.3 is 0 Å². The van der Waals surface area contributed by atoms with Gasteiger partial charge in [0.05, 0.1) is 6.61 Å². The number of carbonyl (C=O) groups is 2. The van der Waals surface area contributed by atoms with Gasteiger partial charge in [0.25, 0.3) is 5.91 Å². The summed E-state index contributed by atoms with van der Waals surface area (Å²) in [4.78, 5) is 23.5. The highest BCUT2D eigenvalue weighted by Gasteiger charge is 2.19. The molecule has 1 amide bonds. The monoisotopic (exact) mass is 265 g/mol. The minimum absolute atomic E-state index is 0.277. The van der Waals surface area contributed by atoms with Gasteiger partial charge in [-0.3, -0.25) is 9.59 Å². The molecule has 0 unspecified atom stereocenters. The Morgan fingerprint density at radius 1 is 1.26 bits per heavy atom. The van der Waals surface area contributed by atoms with Gasteiger partial charge in [-0.25, -0.2) is 0 Å². The first kappa shape index (κ1) is 13.4. The van der Waals surface area contributed by atoms with E-state index in [-0.39, 0.29) is 5.56 Å². The molecule has 2 rings (SSSR count). The summed E-state index contributed by atoms with van der Waals surface area (Å²) in [5.74, 6) is -0.189. The molecule has 0 saturated carbocycles. The molecule has 1 N–H and O–H groups in total. The van der Waals surface area contributed by atoms with Gasteiger partial charge in [0.15, 0.2) is 11.5 Å². The zero-order chi connectivity index (χ0) is 13.7. The van der Waals surface area contributed by atoms with Crippen molar-refractivity contribution in [1.82, 2.24) is 5.32 Å². The molecule has 1 aromatic rings. The summed E-state index contributed by atoms with van der Waals surface area (Å²) < 4.78 is 15.5. The molecule has 0 radical (unpaired) electrons. The number of methoxy groups -OCH3 is 1. The zero-order valence-electron chi connectivity index (χ0n) is 10.6. The number of amides is 1. The first-order valence-electron chi connectivity index (χ1n) is 5.93. The summed E-state index contributed by atoms with van der Waals surface area (Å²) in [6, 6.07) is 4.70. The van der Waals surface area contributed by atoms with Gasteiger partial charge in [-0.15, -0.1) is 0 Å². The summed E-state index contributed by atoms with van der Waals surface area (Å²) >= 11 is 0. The molecule has 0 atom stereocenters. The third-order valence-electron chi connectivity index (χ3n) is 2.60. The van der Waals surface area contributed by atoms with Crippen molar-refractivity contribution in [1.29, 1.82) is 0 Å². The van der Waals surface area contributed by atoms with Gasteiger partial charge in [0, 0.05) is 19.2 Å². The van der Waals surface area contributed by atoms with Crippen molar-refractivity contribution in [2.45, 2.75) is 0 Å². The van der Waals surface area contributed by atoms with E-state index in [0.717, 1.165) is 0 Å². The lowest BCUT2D eigenvalue weighted by molar-refractivity contribution is -0.117. The topological polar surface area (TPSA) is 73.9 Å². The molecule has 0 aromatic heterocycles. The first-order valence-corrected chi connectivity index (χ1v) is 5.93. The number of ketones is 1. The first-order chi connectivity index (χ1) is 9.22. The molecule has 1 aliphatic heterocycles. The molecule has 102 valence electrons. The van der Waals surface area contributed by atoms with Crippen LogP contribution in [0.15, 0.2) is 18.2 Å². The number of nitrogens with one attached hydrogen (secondary N) is 1. The van der Waals surface area contributed by atoms with E-state index in [9.17, 15) is 9.59 Å². The molecule has 0 saturated heterocycles. The van der Waals surface area contributed by atoms with Crippen LogP contribution in [-0.2, 0) is 9.53 Å². The van der Waals surface area contributed by atoms with E-state index >= 15 is 0 Å². The predicted octanol–water partition coefficient (Wildman–Crippen LogP) is 0.403. The maximum Gasteiger partial charge on any atom is 0.292 e. The standard InChI is InChI=1S/C13H15NO5/c1-17-5-4-14-13(16)12(15)9-2-3-10-11(8-9)19-7-6-18-10/h2-3,8H,4-7H2,1H3,(H,14,16). The van der Waals surface area contributed by atoms with Crippen LogP contribution in [0.1, 0.15) is 10.4 Å². The van der Waals surface area contributed by atoms with E-state index in [0.29, 0.717) is 37.9 Å². The van der Waals surface area contributed by atoms with E-state index in [2.05, 4.69) is 5.32 Å². The third-order valence-corrected chi connectivity index (χ3v) is 2.60. The molecule has 0 spiro atoms. The fourth-order valence-corrected chi connectivity index (χ4v) is 1.66. The second-order valence-electron chi connectivity index (χ2n) is 3.94. The van der Waals surface area contributed by atoms with E-state index in [1.54, 1.807) is 12.1 Å². The average Bonchev–Trinajstić information content (AvgIpc) is 2.46. The molecule has 0 bridgehead atoms. The molecular formula is C13H15NO5. The maximum atomic E-state index is 11.9. The van der Waals surface area contributed by atoms with Gasteiger partial charge in [0.2, 0.25) is 5.78 Å². The number of fused-ring (bicyclic) bond motifs is 1. The Balaban J connectivity index is 2.04. The quantitative estimate of drug-likeness (QED) is 0.474. The van der Waals surface area contributed by atoms with Gasteiger partial charge in [-0.1, -0.05) is 0 Å². The Morgan fingerprint density at radius 2 is 2.00 bits per heavy atom. The number of benzene rings is 1. The SMILES string of the molecule is COCCNC(=O)C(=O)c1ccc2c(c1)OCCO2. The second kappa shape index (κ2) is 6.19. The predicted molar refractivity (Wildman–Crippen MR) is 66.6 cm³/mol. The van der Waals surface area contributed by atoms with Crippen molar-refractivity contribution in [3.05, 3.63) is 23.8 Å². The number of hydrogen-bond acceptors (Lipinski definition) is 5. The van der Waals surface area contributed by atoms with Crippen LogP contribution in [-0.4, -0.2) is 45.2 Å². The number of carbonyl (C=O) groups excluding carboxylic acids is 2. The molecule has 19 heavy (non-hydrogen) atoms. The third kappa shape index (κ3) is 3.23. The van der Waals surface area contributed by atoms with Crippen LogP contribution in [0, 0.1) is 0 Å². The van der Waals surface area contributed by atoms with Gasteiger partial charge in [0.1, 0.15) is 13.2 Å². The van der Waals surface area contributed by atoms with Crippen LogP contribution in [0.4, 0.5) is 0 Å². The van der Waals surface area contributed by atoms with Gasteiger partial charge < -0.3 is 19.5 Å². The number of ether oxygens (including phenoxy) is 3. The fraction of sp³-hybridized carbons (Fsp3) is 0.385. The van der Waals surface area contributed by atoms with Crippen LogP contribution >= 0.6 is 0 Å². The van der Waals surface area contributed by atoms with Crippen LogP contribution in [0.3, 0.4) is 0 Å². The zero-order valence-corrected chi connectivity index (χ0v) is 10.6. The lowest BCUT2D eigenvalue weighted by Crippen LogP contribution is -2.33. The van der Waals surface area contributed by atoms with Crippen LogP contribution in [0.5, 0.6) is 11.5 Å². The van der Waals surface area contributed by atoms with E-state index in [4.69, 9.17) is 14.2 Å². The van der Waals surface area contributed by atoms with E-state index < -0.39 is 11.7 Å². The van der Waals surface area contributed by atoms with Crippen molar-refractivity contribution in [2.75, 3.05) is 33.5 Å². The Kier molecular flexibility index (Phi) is 4.35. The van der Waals surface area contributed by atoms with Crippen molar-refractivity contribution in [3.8, 4) is 11.5 Å². The van der Waals surface area contributed by atoms with E-state index in [1.165, 1.54) is 13.2 Å². The van der Waals surface area contributed by atoms with E-state index in [1.807, 2.05) is 0 Å². The van der Waals surface area contributed by atoms with Crippen molar-refractivity contribution < 1.29 is 23.8 Å². The molecular weight excluding hydrogens is 250 g/mol. The molecule has 1 heterocycles. The average molecular weight is 265 g/mol. The largest absolute Gasteiger partial charge is 0.486 e. The number of rotatable bonds is 5. The van der Waals surface area contributed by atoms with Gasteiger partial charge in [-0.05, 0) is 18.2 Å². The smallest absolute Gasteiger partial charge is 0.292 e. The number of Topliss-reactive ketones (excluding diaryl/α,β-unsaturated/α-hetero) is 1. The summed E-state index contributed by atoms with van der Waals surface area (Å²) in [5.41, 5.74) is 0.277. The summed E-state index contributed by atoms with van der Waals surface area (Å²) in [7, 11) is 1.52. The number of hydrogen-bond donors (Lipinski definition) is 1. The Labute approximate surface area is 110 Å². The maximum absolute atomic E-state index is 11.9. The minimum Gasteiger partial charge on any atom is -0.486 e. The highest BCUT2D eigenvalue weighted by molar-refractivity contribution is 6.42. The fourth-order valence-electron chi connectivity index (χ4n) is 1.66. The molecule has 0 fully saturated rings. The lowest BCUT2D eigenvalue weighted by atomic mass is 10.1. The molecule has 1 aromatic carbocycles. The minimum atomic E-state index is -0.659. The Bertz CT molecular complexity index is 486. The van der Waals surface area contributed by atoms with Crippen molar-refractivity contribution >= 4 is 11.7 Å². The molecule has 1 aliphatic rings. The normalized spacial score (nSPS) is 12.9. The molecule has 6 nitrogen and oxygen atoms in total. The van der Waals surface area contributed by atoms with Crippen LogP contribution in [0.25, 0.3) is 0 Å². The Hall–Kier alpha value is -2.08. The summed E-state index contributed by atoms with van der Waals surface area (Å²) in [6.07, 6.45) is 0. The van der Waals surface area contributed by atoms with Gasteiger partial charge in [-0.2, -0.15) is 0 Å². The molecule has 6 heteroatoms. The van der Waals surface area contributed by atoms with Crippen LogP contribution < -0.4 is 14.8 Å². The van der Waals surface area contributed by atoms with Crippen molar-refractivity contribution in [2.24, 2.45) is 0 Å². The Morgan fingerprint density at radius 3 is 2.74 bits per heavy atom. The highest BCUT2D eigenvalue weighted by atomic mass is 16.6. The van der Waals surface area contributed by atoms with Crippen molar-refractivity contribution in [3.63, 3.8) is 0 Å². The second-order valence-corrected chi connectivity index (χ2v) is 3.94. The summed E-state index contributed by atoms with van der Waals surface area (Å²) in [5, 5.41) is 2.48.